The van der Waals surface area contributed by atoms with Gasteiger partial charge < -0.3 is 14.8 Å². The number of thiocarbonyl (C=S) groups is 1. The SMILES string of the molecule is CN1C(=S)N[C@@H](c2ccccn2)[C@H]1c1cccn1-c1cccc(C(F)(F)F)c1. The van der Waals surface area contributed by atoms with Crippen LogP contribution in [0.4, 0.5) is 13.2 Å². The number of halogens is 3. The van der Waals surface area contributed by atoms with E-state index in [2.05, 4.69) is 10.3 Å². The van der Waals surface area contributed by atoms with Crippen LogP contribution in [0.1, 0.15) is 29.0 Å². The Kier molecular flexibility index (Phi) is 4.58. The lowest BCUT2D eigenvalue weighted by Gasteiger charge is -2.26. The third-order valence-corrected chi connectivity index (χ3v) is 5.28. The van der Waals surface area contributed by atoms with Gasteiger partial charge in [0.2, 0.25) is 0 Å². The minimum absolute atomic E-state index is 0.210. The summed E-state index contributed by atoms with van der Waals surface area (Å²) in [5.41, 5.74) is 1.40. The average Bonchev–Trinajstić information content (AvgIpc) is 3.27. The summed E-state index contributed by atoms with van der Waals surface area (Å²) in [6, 6.07) is 14.2. The minimum Gasteiger partial charge on any atom is -0.352 e. The van der Waals surface area contributed by atoms with Gasteiger partial charge in [-0.2, -0.15) is 13.2 Å². The number of nitrogens with zero attached hydrogens (tertiary/aromatic N) is 3. The van der Waals surface area contributed by atoms with Gasteiger partial charge in [-0.15, -0.1) is 0 Å². The molecule has 0 saturated carbocycles. The first-order chi connectivity index (χ1) is 13.4. The molecule has 1 aliphatic heterocycles. The molecule has 0 radical (unpaired) electrons. The van der Waals surface area contributed by atoms with Crippen molar-refractivity contribution in [3.63, 3.8) is 0 Å². The molecule has 3 aromatic rings. The van der Waals surface area contributed by atoms with Gasteiger partial charge in [0.15, 0.2) is 5.11 Å². The molecule has 8 heteroatoms. The van der Waals surface area contributed by atoms with E-state index in [0.717, 1.165) is 23.5 Å². The number of aromatic nitrogens is 2. The van der Waals surface area contributed by atoms with Gasteiger partial charge in [-0.3, -0.25) is 4.98 Å². The van der Waals surface area contributed by atoms with Gasteiger partial charge in [0.25, 0.3) is 0 Å². The predicted molar refractivity (Wildman–Crippen MR) is 104 cm³/mol. The van der Waals surface area contributed by atoms with E-state index in [0.29, 0.717) is 10.8 Å². The molecule has 1 N–H and O–H groups in total. The highest BCUT2D eigenvalue weighted by molar-refractivity contribution is 7.80. The Labute approximate surface area is 165 Å². The Morgan fingerprint density at radius 3 is 2.61 bits per heavy atom. The molecular weight excluding hydrogens is 385 g/mol. The van der Waals surface area contributed by atoms with Gasteiger partial charge in [-0.05, 0) is 54.7 Å². The van der Waals surface area contributed by atoms with E-state index < -0.39 is 11.7 Å². The molecule has 1 aromatic carbocycles. The number of rotatable bonds is 3. The number of hydrogen-bond donors (Lipinski definition) is 1. The molecule has 2 aromatic heterocycles. The van der Waals surface area contributed by atoms with Crippen molar-refractivity contribution in [3.05, 3.63) is 83.9 Å². The predicted octanol–water partition coefficient (Wildman–Crippen LogP) is 4.49. The zero-order valence-electron chi connectivity index (χ0n) is 14.9. The number of pyridine rings is 1. The number of likely N-dealkylation sites (N-methyl/N-ethyl adjacent to an activating group) is 1. The highest BCUT2D eigenvalue weighted by Crippen LogP contribution is 2.39. The van der Waals surface area contributed by atoms with E-state index >= 15 is 0 Å². The molecule has 0 unspecified atom stereocenters. The van der Waals surface area contributed by atoms with Gasteiger partial charge in [0, 0.05) is 30.8 Å². The van der Waals surface area contributed by atoms with E-state index in [9.17, 15) is 13.2 Å². The number of hydrogen-bond acceptors (Lipinski definition) is 2. The van der Waals surface area contributed by atoms with Crippen LogP contribution in [0.3, 0.4) is 0 Å². The number of benzene rings is 1. The quantitative estimate of drug-likeness (QED) is 0.655. The Morgan fingerprint density at radius 2 is 1.89 bits per heavy atom. The summed E-state index contributed by atoms with van der Waals surface area (Å²) in [6.07, 6.45) is -0.927. The van der Waals surface area contributed by atoms with Crippen molar-refractivity contribution in [1.29, 1.82) is 0 Å². The maximum atomic E-state index is 13.2. The lowest BCUT2D eigenvalue weighted by molar-refractivity contribution is -0.137. The van der Waals surface area contributed by atoms with Gasteiger partial charge in [0.1, 0.15) is 0 Å². The van der Waals surface area contributed by atoms with Crippen LogP contribution in [0.2, 0.25) is 0 Å². The fourth-order valence-electron chi connectivity index (χ4n) is 3.53. The normalized spacial score (nSPS) is 19.7. The van der Waals surface area contributed by atoms with Crippen molar-refractivity contribution in [1.82, 2.24) is 19.8 Å². The molecular formula is C20H17F3N4S. The zero-order valence-corrected chi connectivity index (χ0v) is 15.7. The second-order valence-electron chi connectivity index (χ2n) is 6.59. The summed E-state index contributed by atoms with van der Waals surface area (Å²) in [5.74, 6) is 0. The summed E-state index contributed by atoms with van der Waals surface area (Å²) in [6.45, 7) is 0. The van der Waals surface area contributed by atoms with E-state index in [1.807, 2.05) is 42.3 Å². The second kappa shape index (κ2) is 6.94. The molecule has 3 heterocycles. The van der Waals surface area contributed by atoms with Crippen LogP contribution in [0, 0.1) is 0 Å². The van der Waals surface area contributed by atoms with Gasteiger partial charge in [0.05, 0.1) is 23.3 Å². The summed E-state index contributed by atoms with van der Waals surface area (Å²) >= 11 is 5.43. The highest BCUT2D eigenvalue weighted by atomic mass is 32.1. The smallest absolute Gasteiger partial charge is 0.352 e. The summed E-state index contributed by atoms with van der Waals surface area (Å²) < 4.78 is 41.2. The molecule has 0 spiro atoms. The van der Waals surface area contributed by atoms with Gasteiger partial charge in [-0.1, -0.05) is 12.1 Å². The van der Waals surface area contributed by atoms with Crippen molar-refractivity contribution < 1.29 is 13.2 Å². The summed E-state index contributed by atoms with van der Waals surface area (Å²) in [7, 11) is 1.87. The van der Waals surface area contributed by atoms with E-state index in [-0.39, 0.29) is 12.1 Å². The molecule has 1 aliphatic rings. The first-order valence-electron chi connectivity index (χ1n) is 8.65. The third-order valence-electron chi connectivity index (χ3n) is 4.87. The molecule has 0 amide bonds. The fourth-order valence-corrected chi connectivity index (χ4v) is 3.77. The van der Waals surface area contributed by atoms with E-state index in [1.165, 1.54) is 6.07 Å². The minimum atomic E-state index is -4.40. The van der Waals surface area contributed by atoms with Crippen LogP contribution in [-0.4, -0.2) is 26.6 Å². The first kappa shape index (κ1) is 18.5. The zero-order chi connectivity index (χ0) is 19.9. The first-order valence-corrected chi connectivity index (χ1v) is 9.06. The van der Waals surface area contributed by atoms with Crippen LogP contribution in [0.25, 0.3) is 5.69 Å². The number of nitrogens with one attached hydrogen (secondary N) is 1. The topological polar surface area (TPSA) is 33.1 Å². The molecule has 4 rings (SSSR count). The van der Waals surface area contributed by atoms with Crippen molar-refractivity contribution >= 4 is 17.3 Å². The van der Waals surface area contributed by atoms with Crippen LogP contribution in [0.15, 0.2) is 67.0 Å². The standard InChI is InChI=1S/C20H17F3N4S/c1-26-18(17(25-19(26)28)15-8-2-3-10-24-15)16-9-5-11-27(16)14-7-4-6-13(12-14)20(21,22)23/h2-12,17-18H,1H3,(H,25,28)/t17-,18+/m0/s1. The summed E-state index contributed by atoms with van der Waals surface area (Å²) in [5, 5.41) is 3.84. The van der Waals surface area contributed by atoms with Crippen LogP contribution in [0.5, 0.6) is 0 Å². The second-order valence-corrected chi connectivity index (χ2v) is 6.98. The Bertz CT molecular complexity index is 1000. The summed E-state index contributed by atoms with van der Waals surface area (Å²) in [4.78, 5) is 6.34. The average molecular weight is 402 g/mol. The van der Waals surface area contributed by atoms with Crippen LogP contribution >= 0.6 is 12.2 Å². The molecule has 2 atom stereocenters. The van der Waals surface area contributed by atoms with Crippen molar-refractivity contribution in [2.24, 2.45) is 0 Å². The van der Waals surface area contributed by atoms with Gasteiger partial charge in [-0.25, -0.2) is 0 Å². The largest absolute Gasteiger partial charge is 0.416 e. The molecule has 1 saturated heterocycles. The Morgan fingerprint density at radius 1 is 1.07 bits per heavy atom. The Balaban J connectivity index is 1.79. The van der Waals surface area contributed by atoms with Crippen LogP contribution < -0.4 is 5.32 Å². The van der Waals surface area contributed by atoms with Crippen molar-refractivity contribution in [2.45, 2.75) is 18.3 Å². The molecule has 0 aliphatic carbocycles. The molecule has 144 valence electrons. The lowest BCUT2D eigenvalue weighted by atomic mass is 10.0. The van der Waals surface area contributed by atoms with E-state index in [1.54, 1.807) is 23.0 Å². The van der Waals surface area contributed by atoms with Crippen LogP contribution in [-0.2, 0) is 6.18 Å². The highest BCUT2D eigenvalue weighted by Gasteiger charge is 2.39. The van der Waals surface area contributed by atoms with Crippen molar-refractivity contribution in [2.75, 3.05) is 7.05 Å². The lowest BCUT2D eigenvalue weighted by Crippen LogP contribution is -2.26. The maximum absolute atomic E-state index is 13.2. The molecule has 28 heavy (non-hydrogen) atoms. The maximum Gasteiger partial charge on any atom is 0.416 e. The molecule has 4 nitrogen and oxygen atoms in total. The fraction of sp³-hybridized carbons (Fsp3) is 0.200. The molecule has 0 bridgehead atoms. The third kappa shape index (κ3) is 3.24. The molecule has 1 fully saturated rings. The Hall–Kier alpha value is -2.87. The van der Waals surface area contributed by atoms with Crippen molar-refractivity contribution in [3.8, 4) is 5.69 Å². The van der Waals surface area contributed by atoms with Gasteiger partial charge >= 0.3 is 6.18 Å². The number of alkyl halides is 3. The van der Waals surface area contributed by atoms with E-state index in [4.69, 9.17) is 12.2 Å². The monoisotopic (exact) mass is 402 g/mol.